The highest BCUT2D eigenvalue weighted by Crippen LogP contribution is 2.41. The van der Waals surface area contributed by atoms with Gasteiger partial charge in [0.25, 0.3) is 10.2 Å². The maximum absolute atomic E-state index is 13.2. The van der Waals surface area contributed by atoms with Gasteiger partial charge in [0, 0.05) is 31.3 Å². The minimum absolute atomic E-state index is 0.178. The number of ether oxygens (including phenoxy) is 2. The van der Waals surface area contributed by atoms with Crippen LogP contribution in [-0.2, 0) is 10.2 Å². The number of methoxy groups -OCH3 is 2. The van der Waals surface area contributed by atoms with E-state index in [1.165, 1.54) is 0 Å². The van der Waals surface area contributed by atoms with Crippen LogP contribution in [0.25, 0.3) is 0 Å². The average molecular weight is 368 g/mol. The number of rotatable bonds is 5. The van der Waals surface area contributed by atoms with Crippen LogP contribution in [0.4, 0.5) is 0 Å². The Labute approximate surface area is 150 Å². The molecule has 0 saturated carbocycles. The largest absolute Gasteiger partial charge is 0.497 e. The molecule has 1 aromatic carbocycles. The molecule has 3 rings (SSSR count). The summed E-state index contributed by atoms with van der Waals surface area (Å²) < 4.78 is 40.5. The van der Waals surface area contributed by atoms with Gasteiger partial charge in [0.05, 0.1) is 20.3 Å². The van der Waals surface area contributed by atoms with Crippen molar-refractivity contribution in [3.8, 4) is 11.5 Å². The predicted molar refractivity (Wildman–Crippen MR) is 97.1 cm³/mol. The van der Waals surface area contributed by atoms with E-state index in [1.807, 2.05) is 18.2 Å². The van der Waals surface area contributed by atoms with Gasteiger partial charge in [-0.2, -0.15) is 17.0 Å². The molecular weight excluding hydrogens is 340 g/mol. The van der Waals surface area contributed by atoms with Crippen molar-refractivity contribution in [2.75, 3.05) is 33.9 Å². The fourth-order valence-electron chi connectivity index (χ4n) is 3.92. The van der Waals surface area contributed by atoms with Gasteiger partial charge in [0.1, 0.15) is 11.5 Å². The van der Waals surface area contributed by atoms with E-state index in [-0.39, 0.29) is 6.04 Å². The van der Waals surface area contributed by atoms with E-state index < -0.39 is 10.2 Å². The lowest BCUT2D eigenvalue weighted by Crippen LogP contribution is -2.47. The zero-order chi connectivity index (χ0) is 18.0. The van der Waals surface area contributed by atoms with Gasteiger partial charge in [-0.1, -0.05) is 13.0 Å². The molecule has 2 fully saturated rings. The summed E-state index contributed by atoms with van der Waals surface area (Å²) in [5, 5.41) is 0. The Kier molecular flexibility index (Phi) is 5.55. The van der Waals surface area contributed by atoms with Crippen LogP contribution in [0, 0.1) is 5.92 Å². The van der Waals surface area contributed by atoms with Crippen molar-refractivity contribution in [1.82, 2.24) is 8.61 Å². The highest BCUT2D eigenvalue weighted by atomic mass is 32.2. The molecule has 140 valence electrons. The van der Waals surface area contributed by atoms with Crippen LogP contribution in [0.15, 0.2) is 18.2 Å². The number of benzene rings is 1. The Balaban J connectivity index is 1.90. The first-order valence-corrected chi connectivity index (χ1v) is 10.4. The third-order valence-corrected chi connectivity index (χ3v) is 7.26. The summed E-state index contributed by atoms with van der Waals surface area (Å²) in [7, 11) is -0.234. The molecule has 0 aromatic heterocycles. The SMILES string of the molecule is COc1ccc(C2CCCN2S(=O)(=O)N2CCCC(C)C2)c(OC)c1. The molecule has 0 amide bonds. The van der Waals surface area contributed by atoms with Crippen LogP contribution in [0.5, 0.6) is 11.5 Å². The first kappa shape index (κ1) is 18.5. The first-order chi connectivity index (χ1) is 12.0. The van der Waals surface area contributed by atoms with Gasteiger partial charge in [-0.3, -0.25) is 0 Å². The van der Waals surface area contributed by atoms with Gasteiger partial charge < -0.3 is 9.47 Å². The Morgan fingerprint density at radius 1 is 1.08 bits per heavy atom. The van der Waals surface area contributed by atoms with Crippen LogP contribution < -0.4 is 9.47 Å². The van der Waals surface area contributed by atoms with Crippen molar-refractivity contribution in [3.63, 3.8) is 0 Å². The molecule has 2 heterocycles. The fourth-order valence-corrected chi connectivity index (χ4v) is 5.92. The predicted octanol–water partition coefficient (Wildman–Crippen LogP) is 2.82. The lowest BCUT2D eigenvalue weighted by atomic mass is 10.0. The molecule has 0 radical (unpaired) electrons. The van der Waals surface area contributed by atoms with Gasteiger partial charge in [0.15, 0.2) is 0 Å². The third-order valence-electron chi connectivity index (χ3n) is 5.25. The van der Waals surface area contributed by atoms with E-state index in [4.69, 9.17) is 9.47 Å². The van der Waals surface area contributed by atoms with E-state index >= 15 is 0 Å². The molecule has 0 bridgehead atoms. The molecule has 0 N–H and O–H groups in total. The van der Waals surface area contributed by atoms with Crippen LogP contribution in [-0.4, -0.2) is 50.9 Å². The molecule has 6 nitrogen and oxygen atoms in total. The van der Waals surface area contributed by atoms with Crippen molar-refractivity contribution >= 4 is 10.2 Å². The molecule has 1 aromatic rings. The fraction of sp³-hybridized carbons (Fsp3) is 0.667. The molecular formula is C18H28N2O4S. The zero-order valence-corrected chi connectivity index (χ0v) is 16.1. The smallest absolute Gasteiger partial charge is 0.282 e. The van der Waals surface area contributed by atoms with E-state index in [2.05, 4.69) is 6.92 Å². The summed E-state index contributed by atoms with van der Waals surface area (Å²) in [4.78, 5) is 0. The Hall–Kier alpha value is -1.31. The van der Waals surface area contributed by atoms with Crippen molar-refractivity contribution in [1.29, 1.82) is 0 Å². The summed E-state index contributed by atoms with van der Waals surface area (Å²) in [6.45, 7) is 3.92. The third kappa shape index (κ3) is 3.64. The molecule has 2 atom stereocenters. The summed E-state index contributed by atoms with van der Waals surface area (Å²) in [5.74, 6) is 1.80. The maximum Gasteiger partial charge on any atom is 0.282 e. The summed E-state index contributed by atoms with van der Waals surface area (Å²) in [6, 6.07) is 5.43. The second-order valence-electron chi connectivity index (χ2n) is 6.99. The summed E-state index contributed by atoms with van der Waals surface area (Å²) in [6.07, 6.45) is 3.71. The summed E-state index contributed by atoms with van der Waals surface area (Å²) in [5.41, 5.74) is 0.912. The van der Waals surface area contributed by atoms with E-state index in [1.54, 1.807) is 22.8 Å². The zero-order valence-electron chi connectivity index (χ0n) is 15.3. The monoisotopic (exact) mass is 368 g/mol. The number of nitrogens with zero attached hydrogens (tertiary/aromatic N) is 2. The second-order valence-corrected chi connectivity index (χ2v) is 8.87. The molecule has 2 aliphatic heterocycles. The maximum atomic E-state index is 13.2. The minimum atomic E-state index is -3.45. The van der Waals surface area contributed by atoms with Gasteiger partial charge in [-0.15, -0.1) is 0 Å². The van der Waals surface area contributed by atoms with E-state index in [9.17, 15) is 8.42 Å². The topological polar surface area (TPSA) is 59.1 Å². The normalized spacial score (nSPS) is 25.9. The molecule has 2 saturated heterocycles. The highest BCUT2D eigenvalue weighted by molar-refractivity contribution is 7.86. The molecule has 0 aliphatic carbocycles. The Morgan fingerprint density at radius 3 is 2.52 bits per heavy atom. The van der Waals surface area contributed by atoms with Crippen LogP contribution in [0.3, 0.4) is 0 Å². The van der Waals surface area contributed by atoms with Crippen LogP contribution in [0.2, 0.25) is 0 Å². The number of hydrogen-bond acceptors (Lipinski definition) is 4. The van der Waals surface area contributed by atoms with Crippen LogP contribution in [0.1, 0.15) is 44.2 Å². The van der Waals surface area contributed by atoms with E-state index in [0.717, 1.165) is 31.2 Å². The lowest BCUT2D eigenvalue weighted by molar-refractivity contribution is 0.253. The van der Waals surface area contributed by atoms with Crippen molar-refractivity contribution in [3.05, 3.63) is 23.8 Å². The standard InChI is InChI=1S/C18H28N2O4S/c1-14-6-4-10-19(13-14)25(21,22)20-11-5-7-17(20)16-9-8-15(23-2)12-18(16)24-3/h8-9,12,14,17H,4-7,10-11,13H2,1-3H3. The average Bonchev–Trinajstić information content (AvgIpc) is 3.11. The van der Waals surface area contributed by atoms with Gasteiger partial charge in [-0.25, -0.2) is 0 Å². The van der Waals surface area contributed by atoms with Crippen molar-refractivity contribution < 1.29 is 17.9 Å². The molecule has 25 heavy (non-hydrogen) atoms. The minimum Gasteiger partial charge on any atom is -0.497 e. The molecule has 2 aliphatic rings. The first-order valence-electron chi connectivity index (χ1n) is 8.96. The molecule has 7 heteroatoms. The van der Waals surface area contributed by atoms with Crippen LogP contribution >= 0.6 is 0 Å². The number of hydrogen-bond donors (Lipinski definition) is 0. The second kappa shape index (κ2) is 7.51. The van der Waals surface area contributed by atoms with E-state index in [0.29, 0.717) is 37.1 Å². The quantitative estimate of drug-likeness (QED) is 0.802. The highest BCUT2D eigenvalue weighted by Gasteiger charge is 2.40. The number of piperidine rings is 1. The summed E-state index contributed by atoms with van der Waals surface area (Å²) >= 11 is 0. The van der Waals surface area contributed by atoms with Gasteiger partial charge >= 0.3 is 0 Å². The van der Waals surface area contributed by atoms with Crippen molar-refractivity contribution in [2.45, 2.75) is 38.6 Å². The van der Waals surface area contributed by atoms with Crippen molar-refractivity contribution in [2.24, 2.45) is 5.92 Å². The Bertz CT molecular complexity index is 707. The molecule has 0 spiro atoms. The van der Waals surface area contributed by atoms with Gasteiger partial charge in [-0.05, 0) is 37.7 Å². The lowest BCUT2D eigenvalue weighted by Gasteiger charge is -2.35. The Morgan fingerprint density at radius 2 is 1.84 bits per heavy atom. The van der Waals surface area contributed by atoms with Gasteiger partial charge in [0.2, 0.25) is 0 Å². The molecule has 2 unspecified atom stereocenters.